The third-order valence-electron chi connectivity index (χ3n) is 5.36. The molecule has 1 N–H and O–H groups in total. The highest BCUT2D eigenvalue weighted by atomic mass is 19.1. The predicted molar refractivity (Wildman–Crippen MR) is 108 cm³/mol. The summed E-state index contributed by atoms with van der Waals surface area (Å²) in [7, 11) is 2.03. The molecule has 4 rings (SSSR count). The number of aliphatic hydroxyl groups is 1. The Morgan fingerprint density at radius 1 is 0.926 bits per heavy atom. The van der Waals surface area contributed by atoms with Crippen molar-refractivity contribution in [1.29, 1.82) is 0 Å². The second kappa shape index (κ2) is 6.75. The van der Waals surface area contributed by atoms with E-state index in [1.807, 2.05) is 31.4 Å². The zero-order valence-electron chi connectivity index (χ0n) is 15.9. The van der Waals surface area contributed by atoms with Crippen LogP contribution >= 0.6 is 0 Å². The predicted octanol–water partition coefficient (Wildman–Crippen LogP) is 4.78. The minimum atomic E-state index is -0.198. The summed E-state index contributed by atoms with van der Waals surface area (Å²) in [5, 5.41) is 13.3. The summed E-state index contributed by atoms with van der Waals surface area (Å²) in [5.74, 6) is -0.198. The minimum absolute atomic E-state index is 0.111. The minimum Gasteiger partial charge on any atom is -0.396 e. The van der Waals surface area contributed by atoms with Gasteiger partial charge in [0.15, 0.2) is 6.20 Å². The molecule has 1 heterocycles. The van der Waals surface area contributed by atoms with Crippen LogP contribution in [-0.2, 0) is 13.5 Å². The van der Waals surface area contributed by atoms with Crippen molar-refractivity contribution in [3.63, 3.8) is 0 Å². The Hall–Kier alpha value is -2.78. The van der Waals surface area contributed by atoms with Crippen LogP contribution in [0, 0.1) is 19.7 Å². The lowest BCUT2D eigenvalue weighted by Crippen LogP contribution is -2.31. The average Bonchev–Trinajstić information content (AvgIpc) is 2.64. The summed E-state index contributed by atoms with van der Waals surface area (Å²) in [6.45, 7) is 4.30. The van der Waals surface area contributed by atoms with E-state index in [9.17, 15) is 9.50 Å². The van der Waals surface area contributed by atoms with Crippen LogP contribution in [0.5, 0.6) is 0 Å². The number of halogens is 1. The lowest BCUT2D eigenvalue weighted by atomic mass is 9.91. The van der Waals surface area contributed by atoms with E-state index in [4.69, 9.17) is 0 Å². The van der Waals surface area contributed by atoms with Gasteiger partial charge in [0.1, 0.15) is 12.9 Å². The quantitative estimate of drug-likeness (QED) is 0.413. The topological polar surface area (TPSA) is 24.1 Å². The van der Waals surface area contributed by atoms with Crippen LogP contribution in [0.25, 0.3) is 32.8 Å². The maximum absolute atomic E-state index is 14.3. The molecule has 0 spiro atoms. The van der Waals surface area contributed by atoms with E-state index in [1.54, 1.807) is 6.07 Å². The molecule has 3 heteroatoms. The Kier molecular flexibility index (Phi) is 4.40. The number of aliphatic hydroxyl groups excluding tert-OH is 1. The normalized spacial score (nSPS) is 11.4. The first-order chi connectivity index (χ1) is 13.0. The fourth-order valence-corrected chi connectivity index (χ4v) is 4.17. The van der Waals surface area contributed by atoms with E-state index in [0.717, 1.165) is 33.0 Å². The molecule has 0 atom stereocenters. The van der Waals surface area contributed by atoms with Gasteiger partial charge in [0, 0.05) is 23.4 Å². The number of benzene rings is 3. The van der Waals surface area contributed by atoms with Crippen LogP contribution in [0.2, 0.25) is 0 Å². The van der Waals surface area contributed by atoms with Gasteiger partial charge in [0.05, 0.1) is 10.9 Å². The summed E-state index contributed by atoms with van der Waals surface area (Å²) >= 11 is 0. The maximum Gasteiger partial charge on any atom is 0.220 e. The number of aromatic nitrogens is 1. The number of hydrogen-bond donors (Lipinski definition) is 1. The van der Waals surface area contributed by atoms with E-state index < -0.39 is 0 Å². The first kappa shape index (κ1) is 17.6. The van der Waals surface area contributed by atoms with Gasteiger partial charge in [-0.3, -0.25) is 0 Å². The summed E-state index contributed by atoms with van der Waals surface area (Å²) in [6, 6.07) is 15.5. The van der Waals surface area contributed by atoms with E-state index in [2.05, 4.69) is 36.6 Å². The largest absolute Gasteiger partial charge is 0.396 e. The van der Waals surface area contributed by atoms with Gasteiger partial charge in [-0.1, -0.05) is 29.8 Å². The Labute approximate surface area is 158 Å². The zero-order chi connectivity index (χ0) is 19.1. The van der Waals surface area contributed by atoms with E-state index in [1.165, 1.54) is 17.2 Å². The Morgan fingerprint density at radius 2 is 1.67 bits per heavy atom. The molecule has 0 radical (unpaired) electrons. The third kappa shape index (κ3) is 2.88. The van der Waals surface area contributed by atoms with Crippen LogP contribution in [0.4, 0.5) is 4.39 Å². The molecule has 0 bridgehead atoms. The first-order valence-corrected chi connectivity index (χ1v) is 9.22. The van der Waals surface area contributed by atoms with Crippen LogP contribution in [0.3, 0.4) is 0 Å². The highest BCUT2D eigenvalue weighted by Crippen LogP contribution is 2.34. The summed E-state index contributed by atoms with van der Waals surface area (Å²) in [5.41, 5.74) is 5.75. The molecule has 136 valence electrons. The second-order valence-electron chi connectivity index (χ2n) is 7.22. The number of pyridine rings is 1. The smallest absolute Gasteiger partial charge is 0.220 e. The first-order valence-electron chi connectivity index (χ1n) is 9.22. The van der Waals surface area contributed by atoms with Crippen LogP contribution in [0.1, 0.15) is 16.7 Å². The van der Waals surface area contributed by atoms with Gasteiger partial charge >= 0.3 is 0 Å². The van der Waals surface area contributed by atoms with Gasteiger partial charge in [-0.05, 0) is 55.0 Å². The van der Waals surface area contributed by atoms with Gasteiger partial charge in [0.2, 0.25) is 5.69 Å². The van der Waals surface area contributed by atoms with Gasteiger partial charge in [-0.2, -0.15) is 0 Å². The molecule has 1 aromatic heterocycles. The van der Waals surface area contributed by atoms with Crippen molar-refractivity contribution in [3.05, 3.63) is 77.2 Å². The summed E-state index contributed by atoms with van der Waals surface area (Å²) < 4.78 is 16.4. The van der Waals surface area contributed by atoms with Crippen molar-refractivity contribution >= 4 is 21.5 Å². The van der Waals surface area contributed by atoms with Crippen molar-refractivity contribution in [2.75, 3.05) is 6.61 Å². The Bertz CT molecular complexity index is 1180. The molecule has 0 aliphatic heterocycles. The lowest BCUT2D eigenvalue weighted by Gasteiger charge is -2.14. The lowest BCUT2D eigenvalue weighted by molar-refractivity contribution is -0.659. The fraction of sp³-hybridized carbons (Fsp3) is 0.208. The van der Waals surface area contributed by atoms with Crippen LogP contribution < -0.4 is 4.57 Å². The molecular weight excluding hydrogens is 337 g/mol. The van der Waals surface area contributed by atoms with E-state index in [-0.39, 0.29) is 12.4 Å². The van der Waals surface area contributed by atoms with E-state index >= 15 is 0 Å². The molecule has 4 aromatic rings. The van der Waals surface area contributed by atoms with Crippen LogP contribution in [-0.4, -0.2) is 11.7 Å². The molecule has 0 saturated carbocycles. The summed E-state index contributed by atoms with van der Waals surface area (Å²) in [4.78, 5) is 0. The van der Waals surface area contributed by atoms with Crippen molar-refractivity contribution in [3.8, 4) is 11.3 Å². The number of aryl methyl sites for hydroxylation is 3. The molecule has 0 aliphatic rings. The van der Waals surface area contributed by atoms with Crippen molar-refractivity contribution in [1.82, 2.24) is 0 Å². The van der Waals surface area contributed by atoms with Crippen molar-refractivity contribution in [2.45, 2.75) is 20.3 Å². The molecule has 0 amide bonds. The van der Waals surface area contributed by atoms with Gasteiger partial charge in [-0.15, -0.1) is 0 Å². The molecule has 27 heavy (non-hydrogen) atoms. The molecule has 3 aromatic carbocycles. The average molecular weight is 360 g/mol. The molecule has 0 aliphatic carbocycles. The third-order valence-corrected chi connectivity index (χ3v) is 5.36. The number of hydrogen-bond acceptors (Lipinski definition) is 1. The van der Waals surface area contributed by atoms with E-state index in [0.29, 0.717) is 11.8 Å². The van der Waals surface area contributed by atoms with Gasteiger partial charge in [0.25, 0.3) is 0 Å². The standard InChI is InChI=1S/C24H23FNO/c1-15-13-16(2)17(10-12-27)22(14-15)24-21-8-7-20-18(5-4-6-23(20)25)19(21)9-11-26(24)3/h4-9,11,13-14,27H,10,12H2,1-3H3/q+1. The maximum atomic E-state index is 14.3. The van der Waals surface area contributed by atoms with Gasteiger partial charge < -0.3 is 5.11 Å². The number of rotatable bonds is 3. The summed E-state index contributed by atoms with van der Waals surface area (Å²) in [6.07, 6.45) is 2.64. The molecular formula is C24H23FNO+. The fourth-order valence-electron chi connectivity index (χ4n) is 4.17. The van der Waals surface area contributed by atoms with Crippen molar-refractivity contribution in [2.24, 2.45) is 7.05 Å². The molecule has 2 nitrogen and oxygen atoms in total. The van der Waals surface area contributed by atoms with Gasteiger partial charge in [-0.25, -0.2) is 8.96 Å². The highest BCUT2D eigenvalue weighted by molar-refractivity contribution is 6.10. The number of nitrogens with zero attached hydrogens (tertiary/aromatic N) is 1. The van der Waals surface area contributed by atoms with Crippen LogP contribution in [0.15, 0.2) is 54.7 Å². The Balaban J connectivity index is 2.13. The second-order valence-corrected chi connectivity index (χ2v) is 7.22. The molecule has 0 unspecified atom stereocenters. The number of fused-ring (bicyclic) bond motifs is 3. The molecule has 0 saturated heterocycles. The molecule has 0 fully saturated rings. The van der Waals surface area contributed by atoms with Crippen molar-refractivity contribution < 1.29 is 14.1 Å². The highest BCUT2D eigenvalue weighted by Gasteiger charge is 2.21. The monoisotopic (exact) mass is 360 g/mol. The Morgan fingerprint density at radius 3 is 2.44 bits per heavy atom. The zero-order valence-corrected chi connectivity index (χ0v) is 15.9. The SMILES string of the molecule is Cc1cc(C)c(CCO)c(-c2c3ccc4c(F)cccc4c3cc[n+]2C)c1.